The quantitative estimate of drug-likeness (QED) is 0.153. The number of benzene rings is 2. The predicted octanol–water partition coefficient (Wildman–Crippen LogP) is 2.24. The number of aromatic amines is 1. The second-order valence-corrected chi connectivity index (χ2v) is 11.7. The van der Waals surface area contributed by atoms with Crippen molar-refractivity contribution in [3.63, 3.8) is 0 Å². The predicted molar refractivity (Wildman–Crippen MR) is 181 cm³/mol. The van der Waals surface area contributed by atoms with Crippen molar-refractivity contribution in [1.82, 2.24) is 24.4 Å². The summed E-state index contributed by atoms with van der Waals surface area (Å²) in [6.07, 6.45) is 0.590. The molecule has 2 unspecified atom stereocenters. The highest BCUT2D eigenvalue weighted by molar-refractivity contribution is 6.00. The molecule has 0 bridgehead atoms. The number of nitrogens with one attached hydrogen (secondary N) is 2. The van der Waals surface area contributed by atoms with Gasteiger partial charge >= 0.3 is 23.7 Å². The number of hydrogen-bond acceptors (Lipinski definition) is 11. The van der Waals surface area contributed by atoms with Gasteiger partial charge in [0.05, 0.1) is 23.5 Å². The van der Waals surface area contributed by atoms with Gasteiger partial charge in [-0.25, -0.2) is 14.6 Å². The number of nitrogens with zero attached hydrogens (tertiary/aromatic N) is 4. The monoisotopic (exact) mass is 702 g/mol. The molecule has 51 heavy (non-hydrogen) atoms. The molecule has 2 aromatic heterocycles. The average Bonchev–Trinajstić information content (AvgIpc) is 3.71. The van der Waals surface area contributed by atoms with Crippen molar-refractivity contribution in [3.8, 4) is 0 Å². The van der Waals surface area contributed by atoms with Gasteiger partial charge in [-0.3, -0.25) is 38.2 Å². The average molecular weight is 703 g/mol. The summed E-state index contributed by atoms with van der Waals surface area (Å²) in [7, 11) is 1.35. The number of para-hydroxylation sites is 2. The number of H-pyrrole nitrogens is 1. The third-order valence-corrected chi connectivity index (χ3v) is 7.99. The summed E-state index contributed by atoms with van der Waals surface area (Å²) in [6, 6.07) is 18.0. The van der Waals surface area contributed by atoms with Gasteiger partial charge in [0.25, 0.3) is 5.56 Å². The van der Waals surface area contributed by atoms with Crippen LogP contribution in [0.15, 0.2) is 89.0 Å². The summed E-state index contributed by atoms with van der Waals surface area (Å²) in [4.78, 5) is 83.1. The third-order valence-electron chi connectivity index (χ3n) is 7.99. The molecule has 0 aliphatic carbocycles. The van der Waals surface area contributed by atoms with Crippen LogP contribution in [-0.4, -0.2) is 81.6 Å². The van der Waals surface area contributed by atoms with Crippen LogP contribution >= 0.6 is 0 Å². The van der Waals surface area contributed by atoms with E-state index in [9.17, 15) is 28.8 Å². The zero-order chi connectivity index (χ0) is 36.5. The van der Waals surface area contributed by atoms with Crippen LogP contribution in [0.5, 0.6) is 0 Å². The van der Waals surface area contributed by atoms with E-state index in [1.165, 1.54) is 44.2 Å². The second-order valence-electron chi connectivity index (χ2n) is 11.7. The first-order valence-electron chi connectivity index (χ1n) is 16.1. The minimum Gasteiger partial charge on any atom is -0.463 e. The maximum absolute atomic E-state index is 13.6. The molecule has 1 saturated heterocycles. The number of imidazole rings is 1. The fourth-order valence-corrected chi connectivity index (χ4v) is 5.68. The second kappa shape index (κ2) is 16.7. The van der Waals surface area contributed by atoms with Gasteiger partial charge in [0, 0.05) is 45.5 Å². The van der Waals surface area contributed by atoms with Crippen LogP contribution in [0.2, 0.25) is 0 Å². The molecule has 2 aromatic carbocycles. The number of methoxy groups -OCH3 is 1. The Morgan fingerprint density at radius 1 is 0.941 bits per heavy atom. The molecule has 4 aromatic rings. The molecule has 3 heterocycles. The number of rotatable bonds is 13. The van der Waals surface area contributed by atoms with E-state index >= 15 is 0 Å². The van der Waals surface area contributed by atoms with Crippen molar-refractivity contribution in [1.29, 1.82) is 0 Å². The molecule has 16 heteroatoms. The van der Waals surface area contributed by atoms with E-state index in [4.69, 9.17) is 18.9 Å². The number of aryl methyl sites for hydroxylation is 1. The fourth-order valence-electron chi connectivity index (χ4n) is 5.68. The molecule has 2 amide bonds. The SMILES string of the molecule is COC1C(OC(C)=O)[C@@H](COC(C)=O)O[C@H]1n1cc(CCCNC(=O)Cc2cn(C(=O)N(c3ccccc3)c3ccccc3)cn2)c(=O)[nH]c1=O. The van der Waals surface area contributed by atoms with Gasteiger partial charge < -0.3 is 24.3 Å². The van der Waals surface area contributed by atoms with Crippen molar-refractivity contribution in [3.05, 3.63) is 111 Å². The number of hydrogen-bond donors (Lipinski definition) is 2. The van der Waals surface area contributed by atoms with Crippen LogP contribution in [0.25, 0.3) is 0 Å². The largest absolute Gasteiger partial charge is 0.463 e. The Hall–Kier alpha value is -5.87. The molecule has 0 saturated carbocycles. The molecule has 268 valence electrons. The zero-order valence-corrected chi connectivity index (χ0v) is 28.2. The first kappa shape index (κ1) is 36.4. The summed E-state index contributed by atoms with van der Waals surface area (Å²) < 4.78 is 24.4. The molecule has 0 radical (unpaired) electrons. The van der Waals surface area contributed by atoms with Crippen LogP contribution in [0.4, 0.5) is 16.2 Å². The number of carbonyl (C=O) groups excluding carboxylic acids is 4. The van der Waals surface area contributed by atoms with Crippen molar-refractivity contribution in [2.75, 3.05) is 25.2 Å². The molecule has 4 atom stereocenters. The standard InChI is InChI=1S/C35H38N6O10/c1-22(42)49-20-28-30(50-23(2)43)31(48-3)33(51-28)40-18-24(32(45)38-34(40)46)11-10-16-36-29(44)17-25-19-39(21-37-25)35(47)41(26-12-6-4-7-13-26)27-14-8-5-9-15-27/h4-9,12-15,18-19,21,28,30-31,33H,10-11,16-17,20H2,1-3H3,(H,36,44)(H,38,45,46)/t28-,30?,31?,33-/m1/s1. The van der Waals surface area contributed by atoms with Gasteiger partial charge in [-0.1, -0.05) is 36.4 Å². The minimum absolute atomic E-state index is 0.0855. The number of amides is 2. The van der Waals surface area contributed by atoms with E-state index in [-0.39, 0.29) is 43.5 Å². The molecule has 0 spiro atoms. The van der Waals surface area contributed by atoms with Gasteiger partial charge in [-0.05, 0) is 37.1 Å². The Kier molecular flexibility index (Phi) is 11.9. The zero-order valence-electron chi connectivity index (χ0n) is 28.2. The van der Waals surface area contributed by atoms with Gasteiger partial charge in [-0.15, -0.1) is 0 Å². The minimum atomic E-state index is -1.12. The Labute approximate surface area is 291 Å². The highest BCUT2D eigenvalue weighted by atomic mass is 16.6. The van der Waals surface area contributed by atoms with Gasteiger partial charge in [0.1, 0.15) is 25.1 Å². The Morgan fingerprint density at radius 3 is 2.22 bits per heavy atom. The first-order chi connectivity index (χ1) is 24.5. The maximum Gasteiger partial charge on any atom is 0.338 e. The Bertz CT molecular complexity index is 1920. The van der Waals surface area contributed by atoms with Crippen LogP contribution < -0.4 is 21.5 Å². The normalized spacial score (nSPS) is 18.2. The molecular weight excluding hydrogens is 664 g/mol. The lowest BCUT2D eigenvalue weighted by Crippen LogP contribution is -2.41. The van der Waals surface area contributed by atoms with Gasteiger partial charge in [0.2, 0.25) is 5.91 Å². The van der Waals surface area contributed by atoms with Crippen molar-refractivity contribution < 1.29 is 38.1 Å². The summed E-state index contributed by atoms with van der Waals surface area (Å²) in [5, 5.41) is 2.79. The smallest absolute Gasteiger partial charge is 0.338 e. The lowest BCUT2D eigenvalue weighted by atomic mass is 10.1. The Morgan fingerprint density at radius 2 is 1.61 bits per heavy atom. The molecule has 5 rings (SSSR count). The van der Waals surface area contributed by atoms with Crippen LogP contribution in [0, 0.1) is 0 Å². The molecule has 1 aliphatic heterocycles. The molecule has 16 nitrogen and oxygen atoms in total. The highest BCUT2D eigenvalue weighted by Gasteiger charge is 2.49. The van der Waals surface area contributed by atoms with E-state index in [0.29, 0.717) is 23.5 Å². The molecule has 1 aliphatic rings. The number of anilines is 2. The number of ether oxygens (including phenoxy) is 4. The highest BCUT2D eigenvalue weighted by Crippen LogP contribution is 2.33. The van der Waals surface area contributed by atoms with Gasteiger partial charge in [-0.2, -0.15) is 0 Å². The summed E-state index contributed by atoms with van der Waals surface area (Å²) >= 11 is 0. The lowest BCUT2D eigenvalue weighted by molar-refractivity contribution is -0.158. The number of carbonyl (C=O) groups is 4. The van der Waals surface area contributed by atoms with E-state index in [2.05, 4.69) is 15.3 Å². The van der Waals surface area contributed by atoms with E-state index in [0.717, 1.165) is 4.57 Å². The van der Waals surface area contributed by atoms with Crippen molar-refractivity contribution >= 4 is 35.3 Å². The molecular formula is C35H38N6O10. The van der Waals surface area contributed by atoms with Crippen molar-refractivity contribution in [2.24, 2.45) is 0 Å². The van der Waals surface area contributed by atoms with E-state index < -0.39 is 47.7 Å². The summed E-state index contributed by atoms with van der Waals surface area (Å²) in [5.74, 6) is -1.55. The van der Waals surface area contributed by atoms with E-state index in [1.54, 1.807) is 4.90 Å². The van der Waals surface area contributed by atoms with Gasteiger partial charge in [0.15, 0.2) is 12.3 Å². The lowest BCUT2D eigenvalue weighted by Gasteiger charge is -2.23. The van der Waals surface area contributed by atoms with E-state index in [1.807, 2.05) is 60.7 Å². The number of aromatic nitrogens is 4. The van der Waals surface area contributed by atoms with Crippen LogP contribution in [-0.2, 0) is 46.2 Å². The summed E-state index contributed by atoms with van der Waals surface area (Å²) in [6.45, 7) is 2.36. The van der Waals surface area contributed by atoms with Crippen LogP contribution in [0.1, 0.15) is 37.8 Å². The summed E-state index contributed by atoms with van der Waals surface area (Å²) in [5.41, 5.74) is 0.548. The fraction of sp³-hybridized carbons (Fsp3) is 0.343. The third kappa shape index (κ3) is 9.03. The Balaban J connectivity index is 1.19. The molecule has 2 N–H and O–H groups in total. The molecule has 1 fully saturated rings. The van der Waals surface area contributed by atoms with Crippen molar-refractivity contribution in [2.45, 2.75) is 57.6 Å². The maximum atomic E-state index is 13.6. The topological polar surface area (TPSA) is 193 Å². The number of esters is 2. The van der Waals surface area contributed by atoms with Crippen LogP contribution in [0.3, 0.4) is 0 Å². The first-order valence-corrected chi connectivity index (χ1v) is 16.1.